The van der Waals surface area contributed by atoms with Gasteiger partial charge in [-0.3, -0.25) is 13.9 Å². The standard InChI is InChI=1S/C18H24N4O3/c1-11(2)14-6-5-9-22(14)17(24)19-12-7-8-13-15(10-12)20(3)18(25)21(4)16(13)23/h7-8,10-11,14H,5-6,9H2,1-4H3,(H,19,24). The second-order valence-electron chi connectivity index (χ2n) is 7.01. The number of fused-ring (bicyclic) bond motifs is 1. The monoisotopic (exact) mass is 344 g/mol. The third kappa shape index (κ3) is 2.94. The van der Waals surface area contributed by atoms with Crippen molar-refractivity contribution < 1.29 is 4.79 Å². The smallest absolute Gasteiger partial charge is 0.321 e. The van der Waals surface area contributed by atoms with Crippen LogP contribution in [0.1, 0.15) is 26.7 Å². The van der Waals surface area contributed by atoms with Crippen molar-refractivity contribution in [1.82, 2.24) is 14.0 Å². The Morgan fingerprint density at radius 2 is 1.92 bits per heavy atom. The van der Waals surface area contributed by atoms with E-state index < -0.39 is 0 Å². The zero-order chi connectivity index (χ0) is 18.3. The van der Waals surface area contributed by atoms with E-state index >= 15 is 0 Å². The first-order chi connectivity index (χ1) is 11.8. The summed E-state index contributed by atoms with van der Waals surface area (Å²) >= 11 is 0. The van der Waals surface area contributed by atoms with Gasteiger partial charge in [-0.1, -0.05) is 13.8 Å². The van der Waals surface area contributed by atoms with Gasteiger partial charge in [0.1, 0.15) is 0 Å². The molecule has 0 radical (unpaired) electrons. The molecule has 1 aliphatic rings. The fourth-order valence-electron chi connectivity index (χ4n) is 3.60. The summed E-state index contributed by atoms with van der Waals surface area (Å²) in [5, 5.41) is 3.35. The van der Waals surface area contributed by atoms with Crippen molar-refractivity contribution in [3.05, 3.63) is 39.0 Å². The van der Waals surface area contributed by atoms with Crippen LogP contribution in [0.2, 0.25) is 0 Å². The minimum atomic E-state index is -0.389. The minimum absolute atomic E-state index is 0.135. The van der Waals surface area contributed by atoms with Crippen LogP contribution >= 0.6 is 0 Å². The summed E-state index contributed by atoms with van der Waals surface area (Å²) in [4.78, 5) is 38.8. The van der Waals surface area contributed by atoms with Gasteiger partial charge >= 0.3 is 11.7 Å². The number of hydrogen-bond donors (Lipinski definition) is 1. The summed E-state index contributed by atoms with van der Waals surface area (Å²) in [7, 11) is 3.07. The fraction of sp³-hybridized carbons (Fsp3) is 0.500. The highest BCUT2D eigenvalue weighted by Gasteiger charge is 2.30. The third-order valence-corrected chi connectivity index (χ3v) is 5.05. The van der Waals surface area contributed by atoms with Crippen LogP contribution in [0.3, 0.4) is 0 Å². The average molecular weight is 344 g/mol. The first-order valence-electron chi connectivity index (χ1n) is 8.58. The number of nitrogens with one attached hydrogen (secondary N) is 1. The van der Waals surface area contributed by atoms with Gasteiger partial charge in [0.2, 0.25) is 0 Å². The van der Waals surface area contributed by atoms with E-state index in [1.165, 1.54) is 11.6 Å². The molecule has 2 heterocycles. The van der Waals surface area contributed by atoms with Crippen molar-refractivity contribution in [2.75, 3.05) is 11.9 Å². The lowest BCUT2D eigenvalue weighted by Gasteiger charge is -2.27. The summed E-state index contributed by atoms with van der Waals surface area (Å²) < 4.78 is 2.50. The number of rotatable bonds is 2. The topological polar surface area (TPSA) is 76.3 Å². The number of aryl methyl sites for hydroxylation is 1. The van der Waals surface area contributed by atoms with Crippen molar-refractivity contribution in [2.45, 2.75) is 32.7 Å². The Balaban J connectivity index is 1.94. The molecule has 1 aliphatic heterocycles. The molecule has 1 N–H and O–H groups in total. The normalized spacial score (nSPS) is 17.5. The Morgan fingerprint density at radius 1 is 1.20 bits per heavy atom. The molecular weight excluding hydrogens is 320 g/mol. The SMILES string of the molecule is CC(C)C1CCCN1C(=O)Nc1ccc2c(=O)n(C)c(=O)n(C)c2c1. The molecule has 0 saturated carbocycles. The van der Waals surface area contributed by atoms with Gasteiger partial charge in [0.25, 0.3) is 5.56 Å². The van der Waals surface area contributed by atoms with E-state index in [1.807, 2.05) is 4.90 Å². The Bertz CT molecular complexity index is 942. The first kappa shape index (κ1) is 17.3. The van der Waals surface area contributed by atoms with Crippen molar-refractivity contribution in [3.63, 3.8) is 0 Å². The van der Waals surface area contributed by atoms with Gasteiger partial charge in [0, 0.05) is 32.4 Å². The molecule has 7 nitrogen and oxygen atoms in total. The summed E-state index contributed by atoms with van der Waals surface area (Å²) in [5.41, 5.74) is 0.360. The largest absolute Gasteiger partial charge is 0.330 e. The maximum atomic E-state index is 12.6. The molecule has 1 fully saturated rings. The van der Waals surface area contributed by atoms with Crippen LogP contribution in [0.4, 0.5) is 10.5 Å². The van der Waals surface area contributed by atoms with Gasteiger partial charge in [0.05, 0.1) is 10.9 Å². The number of benzene rings is 1. The predicted octanol–water partition coefficient (Wildman–Crippen LogP) is 1.89. The molecule has 1 aromatic carbocycles. The number of nitrogens with zero attached hydrogens (tertiary/aromatic N) is 3. The Labute approximate surface area is 145 Å². The molecule has 0 spiro atoms. The second-order valence-corrected chi connectivity index (χ2v) is 7.01. The fourth-order valence-corrected chi connectivity index (χ4v) is 3.60. The van der Waals surface area contributed by atoms with Crippen LogP contribution in [0.15, 0.2) is 27.8 Å². The molecule has 3 rings (SSSR count). The van der Waals surface area contributed by atoms with Crippen LogP contribution in [-0.2, 0) is 14.1 Å². The highest BCUT2D eigenvalue weighted by atomic mass is 16.2. The second kappa shape index (κ2) is 6.38. The number of anilines is 1. The third-order valence-electron chi connectivity index (χ3n) is 5.05. The lowest BCUT2D eigenvalue weighted by Crippen LogP contribution is -2.41. The molecule has 0 aliphatic carbocycles. The summed E-state index contributed by atoms with van der Waals surface area (Å²) in [6, 6.07) is 5.14. The number of amides is 2. The van der Waals surface area contributed by atoms with Crippen LogP contribution in [0.5, 0.6) is 0 Å². The molecule has 134 valence electrons. The molecule has 1 unspecified atom stereocenters. The van der Waals surface area contributed by atoms with E-state index in [0.717, 1.165) is 24.0 Å². The quantitative estimate of drug-likeness (QED) is 0.904. The van der Waals surface area contributed by atoms with E-state index in [-0.39, 0.29) is 23.3 Å². The van der Waals surface area contributed by atoms with Gasteiger partial charge in [-0.05, 0) is 37.0 Å². The maximum absolute atomic E-state index is 12.6. The van der Waals surface area contributed by atoms with E-state index in [2.05, 4.69) is 19.2 Å². The molecule has 7 heteroatoms. The Kier molecular flexibility index (Phi) is 4.41. The predicted molar refractivity (Wildman–Crippen MR) is 98.0 cm³/mol. The number of aromatic nitrogens is 2. The zero-order valence-corrected chi connectivity index (χ0v) is 15.1. The van der Waals surface area contributed by atoms with Gasteiger partial charge in [0.15, 0.2) is 0 Å². The summed E-state index contributed by atoms with van der Waals surface area (Å²) in [5.74, 6) is 0.411. The molecule has 2 aromatic rings. The lowest BCUT2D eigenvalue weighted by atomic mass is 10.0. The minimum Gasteiger partial charge on any atom is -0.321 e. The molecular formula is C18H24N4O3. The average Bonchev–Trinajstić information content (AvgIpc) is 3.08. The van der Waals surface area contributed by atoms with Crippen LogP contribution in [-0.4, -0.2) is 32.7 Å². The van der Waals surface area contributed by atoms with Crippen molar-refractivity contribution in [3.8, 4) is 0 Å². The number of carbonyl (C=O) groups is 1. The van der Waals surface area contributed by atoms with Gasteiger partial charge in [-0.25, -0.2) is 9.59 Å². The van der Waals surface area contributed by atoms with Crippen LogP contribution in [0.25, 0.3) is 10.9 Å². The van der Waals surface area contributed by atoms with Crippen LogP contribution < -0.4 is 16.6 Å². The van der Waals surface area contributed by atoms with E-state index in [0.29, 0.717) is 22.5 Å². The highest BCUT2D eigenvalue weighted by Crippen LogP contribution is 2.25. The van der Waals surface area contributed by atoms with Crippen molar-refractivity contribution >= 4 is 22.6 Å². The molecule has 0 bridgehead atoms. The number of likely N-dealkylation sites (tertiary alicyclic amines) is 1. The van der Waals surface area contributed by atoms with Gasteiger partial charge in [-0.2, -0.15) is 0 Å². The molecule has 1 atom stereocenters. The van der Waals surface area contributed by atoms with Crippen molar-refractivity contribution in [1.29, 1.82) is 0 Å². The number of carbonyl (C=O) groups excluding carboxylic acids is 1. The van der Waals surface area contributed by atoms with E-state index in [4.69, 9.17) is 0 Å². The summed E-state index contributed by atoms with van der Waals surface area (Å²) in [6.45, 7) is 5.00. The number of urea groups is 1. The maximum Gasteiger partial charge on any atom is 0.330 e. The summed E-state index contributed by atoms with van der Waals surface area (Å²) in [6.07, 6.45) is 2.03. The number of hydrogen-bond acceptors (Lipinski definition) is 3. The van der Waals surface area contributed by atoms with E-state index in [1.54, 1.807) is 25.2 Å². The molecule has 1 aromatic heterocycles. The van der Waals surface area contributed by atoms with Crippen LogP contribution in [0, 0.1) is 5.92 Å². The Morgan fingerprint density at radius 3 is 2.60 bits per heavy atom. The first-order valence-corrected chi connectivity index (χ1v) is 8.58. The lowest BCUT2D eigenvalue weighted by molar-refractivity contribution is 0.192. The van der Waals surface area contributed by atoms with E-state index in [9.17, 15) is 14.4 Å². The molecule has 25 heavy (non-hydrogen) atoms. The van der Waals surface area contributed by atoms with Gasteiger partial charge < -0.3 is 10.2 Å². The zero-order valence-electron chi connectivity index (χ0n) is 15.1. The van der Waals surface area contributed by atoms with Crippen molar-refractivity contribution in [2.24, 2.45) is 20.0 Å². The highest BCUT2D eigenvalue weighted by molar-refractivity contribution is 5.92. The van der Waals surface area contributed by atoms with Gasteiger partial charge in [-0.15, -0.1) is 0 Å². The molecule has 1 saturated heterocycles. The Hall–Kier alpha value is -2.57. The molecule has 2 amide bonds.